The maximum absolute atomic E-state index is 13.6. The maximum atomic E-state index is 13.6. The van der Waals surface area contributed by atoms with Gasteiger partial charge in [0.05, 0.1) is 32.8 Å². The summed E-state index contributed by atoms with van der Waals surface area (Å²) < 4.78 is 43.5. The lowest BCUT2D eigenvalue weighted by Gasteiger charge is -2.36. The quantitative estimate of drug-likeness (QED) is 0.307. The molecule has 0 aliphatic rings. The van der Waals surface area contributed by atoms with E-state index in [4.69, 9.17) is 11.6 Å². The summed E-state index contributed by atoms with van der Waals surface area (Å²) in [5.41, 5.74) is -0.535. The second kappa shape index (κ2) is 11.0. The third-order valence-corrected chi connectivity index (χ3v) is 7.57. The number of benzene rings is 1. The van der Waals surface area contributed by atoms with Crippen molar-refractivity contribution in [1.82, 2.24) is 20.0 Å². The SMILES string of the molecule is Cn1ncc(Br)c1-c1cc(C(=O)N[C@H](Cc2ccccc2C(F)(F)F)CN(C(=O)O)C(C)(C)C)sc1Cl. The van der Waals surface area contributed by atoms with Gasteiger partial charge in [-0.15, -0.1) is 11.3 Å². The zero-order valence-electron chi connectivity index (χ0n) is 20.4. The van der Waals surface area contributed by atoms with E-state index in [1.807, 2.05) is 0 Å². The Bertz CT molecular complexity index is 1280. The molecule has 2 heterocycles. The highest BCUT2D eigenvalue weighted by molar-refractivity contribution is 9.10. The number of hydrogen-bond donors (Lipinski definition) is 2. The minimum Gasteiger partial charge on any atom is -0.465 e. The van der Waals surface area contributed by atoms with Gasteiger partial charge in [-0.05, 0) is 60.8 Å². The van der Waals surface area contributed by atoms with Gasteiger partial charge >= 0.3 is 12.3 Å². The molecule has 2 aromatic heterocycles. The first-order chi connectivity index (χ1) is 17.1. The molecule has 0 unspecified atom stereocenters. The Morgan fingerprint density at radius 3 is 2.46 bits per heavy atom. The van der Waals surface area contributed by atoms with E-state index in [-0.39, 0.29) is 23.4 Å². The van der Waals surface area contributed by atoms with Crippen LogP contribution in [0.25, 0.3) is 11.3 Å². The van der Waals surface area contributed by atoms with E-state index in [1.165, 1.54) is 18.2 Å². The van der Waals surface area contributed by atoms with Crippen LogP contribution in [-0.2, 0) is 19.6 Å². The van der Waals surface area contributed by atoms with Gasteiger partial charge in [0, 0.05) is 24.7 Å². The number of amides is 2. The molecule has 3 aromatic rings. The minimum atomic E-state index is -4.60. The molecule has 0 aliphatic heterocycles. The van der Waals surface area contributed by atoms with Crippen molar-refractivity contribution in [3.05, 3.63) is 61.3 Å². The number of halogens is 5. The van der Waals surface area contributed by atoms with Gasteiger partial charge in [0.25, 0.3) is 5.91 Å². The molecule has 0 bridgehead atoms. The number of hydrogen-bond acceptors (Lipinski definition) is 4. The molecule has 3 rings (SSSR count). The maximum Gasteiger partial charge on any atom is 0.416 e. The van der Waals surface area contributed by atoms with Crippen molar-refractivity contribution < 1.29 is 27.9 Å². The predicted molar refractivity (Wildman–Crippen MR) is 140 cm³/mol. The molecule has 0 spiro atoms. The minimum absolute atomic E-state index is 0.0525. The molecule has 0 fully saturated rings. The van der Waals surface area contributed by atoms with Crippen molar-refractivity contribution in [3.63, 3.8) is 0 Å². The van der Waals surface area contributed by atoms with Crippen LogP contribution in [0.15, 0.2) is 41.0 Å². The molecule has 0 saturated carbocycles. The van der Waals surface area contributed by atoms with Crippen LogP contribution < -0.4 is 5.32 Å². The largest absolute Gasteiger partial charge is 0.465 e. The molecule has 1 atom stereocenters. The Hall–Kier alpha value is -2.57. The summed E-state index contributed by atoms with van der Waals surface area (Å²) in [6.45, 7) is 4.78. The molecule has 37 heavy (non-hydrogen) atoms. The molecular formula is C24H25BrClF3N4O3S. The van der Waals surface area contributed by atoms with Gasteiger partial charge in [0.15, 0.2) is 0 Å². The Kier molecular flexibility index (Phi) is 8.65. The van der Waals surface area contributed by atoms with Crippen LogP contribution in [0.2, 0.25) is 4.34 Å². The summed E-state index contributed by atoms with van der Waals surface area (Å²) in [5.74, 6) is -0.579. The average Bonchev–Trinajstić information content (AvgIpc) is 3.31. The van der Waals surface area contributed by atoms with Crippen molar-refractivity contribution in [2.24, 2.45) is 7.05 Å². The van der Waals surface area contributed by atoms with E-state index >= 15 is 0 Å². The van der Waals surface area contributed by atoms with Gasteiger partial charge in [-0.2, -0.15) is 18.3 Å². The Labute approximate surface area is 229 Å². The lowest BCUT2D eigenvalue weighted by molar-refractivity contribution is -0.138. The van der Waals surface area contributed by atoms with Crippen LogP contribution in [-0.4, -0.2) is 49.9 Å². The number of thiophene rings is 1. The lowest BCUT2D eigenvalue weighted by Crippen LogP contribution is -2.53. The van der Waals surface area contributed by atoms with Crippen LogP contribution in [0.1, 0.15) is 41.6 Å². The second-order valence-electron chi connectivity index (χ2n) is 9.36. The smallest absolute Gasteiger partial charge is 0.416 e. The van der Waals surface area contributed by atoms with Crippen LogP contribution in [0, 0.1) is 0 Å². The summed E-state index contributed by atoms with van der Waals surface area (Å²) >= 11 is 10.8. The van der Waals surface area contributed by atoms with Crippen LogP contribution in [0.3, 0.4) is 0 Å². The average molecular weight is 622 g/mol. The van der Waals surface area contributed by atoms with Gasteiger partial charge in [0.2, 0.25) is 0 Å². The van der Waals surface area contributed by atoms with Crippen molar-refractivity contribution in [2.45, 2.75) is 44.9 Å². The van der Waals surface area contributed by atoms with E-state index in [2.05, 4.69) is 26.3 Å². The van der Waals surface area contributed by atoms with Gasteiger partial charge in [-0.1, -0.05) is 29.8 Å². The molecule has 0 radical (unpaired) electrons. The zero-order chi connectivity index (χ0) is 27.7. The highest BCUT2D eigenvalue weighted by Gasteiger charge is 2.35. The fourth-order valence-electron chi connectivity index (χ4n) is 3.87. The molecule has 200 valence electrons. The van der Waals surface area contributed by atoms with E-state index in [1.54, 1.807) is 44.8 Å². The number of aryl methyl sites for hydroxylation is 1. The third-order valence-electron chi connectivity index (χ3n) is 5.63. The predicted octanol–water partition coefficient (Wildman–Crippen LogP) is 6.70. The molecule has 7 nitrogen and oxygen atoms in total. The summed E-state index contributed by atoms with van der Waals surface area (Å²) in [6.07, 6.45) is -4.50. The van der Waals surface area contributed by atoms with E-state index in [0.29, 0.717) is 20.1 Å². The van der Waals surface area contributed by atoms with Gasteiger partial charge < -0.3 is 15.3 Å². The number of carboxylic acid groups (broad SMARTS) is 1. The first-order valence-electron chi connectivity index (χ1n) is 11.0. The second-order valence-corrected chi connectivity index (χ2v) is 11.9. The van der Waals surface area contributed by atoms with Gasteiger partial charge in [-0.25, -0.2) is 4.79 Å². The van der Waals surface area contributed by atoms with Crippen molar-refractivity contribution in [2.75, 3.05) is 6.54 Å². The molecule has 0 aliphatic carbocycles. The summed E-state index contributed by atoms with van der Waals surface area (Å²) in [4.78, 5) is 26.5. The van der Waals surface area contributed by atoms with E-state index in [9.17, 15) is 27.9 Å². The number of carbonyl (C=O) groups is 2. The van der Waals surface area contributed by atoms with Crippen molar-refractivity contribution in [1.29, 1.82) is 0 Å². The number of alkyl halides is 3. The lowest BCUT2D eigenvalue weighted by atomic mass is 9.97. The van der Waals surface area contributed by atoms with Crippen LogP contribution >= 0.6 is 38.9 Å². The normalized spacial score (nSPS) is 12.9. The molecule has 0 saturated heterocycles. The first kappa shape index (κ1) is 29.0. The van der Waals surface area contributed by atoms with E-state index in [0.717, 1.165) is 22.3 Å². The Balaban J connectivity index is 1.96. The Morgan fingerprint density at radius 2 is 1.92 bits per heavy atom. The van der Waals surface area contributed by atoms with Crippen LogP contribution in [0.4, 0.5) is 18.0 Å². The molecule has 1 aromatic carbocycles. The van der Waals surface area contributed by atoms with Gasteiger partial charge in [0.1, 0.15) is 4.34 Å². The summed E-state index contributed by atoms with van der Waals surface area (Å²) in [7, 11) is 1.72. The molecule has 2 amide bonds. The third kappa shape index (κ3) is 6.85. The van der Waals surface area contributed by atoms with Crippen molar-refractivity contribution >= 4 is 50.9 Å². The number of carbonyl (C=O) groups excluding carboxylic acids is 1. The van der Waals surface area contributed by atoms with E-state index < -0.39 is 35.3 Å². The highest BCUT2D eigenvalue weighted by atomic mass is 79.9. The molecule has 13 heteroatoms. The fraction of sp³-hybridized carbons (Fsp3) is 0.375. The van der Waals surface area contributed by atoms with Crippen molar-refractivity contribution in [3.8, 4) is 11.3 Å². The zero-order valence-corrected chi connectivity index (χ0v) is 23.5. The highest BCUT2D eigenvalue weighted by Crippen LogP contribution is 2.39. The number of aromatic nitrogens is 2. The summed E-state index contributed by atoms with van der Waals surface area (Å²) in [6, 6.07) is 5.65. The summed E-state index contributed by atoms with van der Waals surface area (Å²) in [5, 5.41) is 16.6. The topological polar surface area (TPSA) is 87.5 Å². The first-order valence-corrected chi connectivity index (χ1v) is 13.0. The standard InChI is InChI=1S/C24H25BrClF3N4O3S/c1-23(2,3)33(22(35)36)12-14(9-13-7-5-6-8-16(13)24(27,28)29)31-21(34)18-10-15(20(26)37-18)19-17(25)11-30-32(19)4/h5-8,10-11,14H,9,12H2,1-4H3,(H,31,34)(H,35,36)/t14-/m1/s1. The number of nitrogens with zero attached hydrogens (tertiary/aromatic N) is 3. The number of nitrogens with one attached hydrogen (secondary N) is 1. The molecular weight excluding hydrogens is 597 g/mol. The Morgan fingerprint density at radius 1 is 1.27 bits per heavy atom. The van der Waals surface area contributed by atoms with Gasteiger partial charge in [-0.3, -0.25) is 9.48 Å². The number of rotatable bonds is 7. The monoisotopic (exact) mass is 620 g/mol. The van der Waals surface area contributed by atoms with Crippen LogP contribution in [0.5, 0.6) is 0 Å². The fourth-order valence-corrected chi connectivity index (χ4v) is 5.62. The molecule has 2 N–H and O–H groups in total.